The molecule has 0 atom stereocenters. The van der Waals surface area contributed by atoms with Crippen molar-refractivity contribution in [3.8, 4) is 5.88 Å². The molecule has 0 radical (unpaired) electrons. The second-order valence-corrected chi connectivity index (χ2v) is 6.63. The first-order valence-corrected chi connectivity index (χ1v) is 10.1. The minimum atomic E-state index is -0.628. The van der Waals surface area contributed by atoms with Crippen LogP contribution in [0.5, 0.6) is 5.88 Å². The number of hydrogen-bond acceptors (Lipinski definition) is 8. The summed E-state index contributed by atoms with van der Waals surface area (Å²) in [5.74, 6) is -0.830. The lowest BCUT2D eigenvalue weighted by molar-refractivity contribution is 0.0954. The summed E-state index contributed by atoms with van der Waals surface area (Å²) in [5, 5.41) is 9.18. The van der Waals surface area contributed by atoms with Crippen molar-refractivity contribution in [3.05, 3.63) is 36.4 Å². The summed E-state index contributed by atoms with van der Waals surface area (Å²) in [4.78, 5) is 42.2. The minimum absolute atomic E-state index is 0.0589. The molecule has 0 aliphatic rings. The van der Waals surface area contributed by atoms with Crippen LogP contribution in [0.1, 0.15) is 47.2 Å². The molecule has 0 saturated carbocycles. The van der Waals surface area contributed by atoms with Crippen molar-refractivity contribution in [2.24, 2.45) is 17.0 Å². The summed E-state index contributed by atoms with van der Waals surface area (Å²) < 4.78 is 6.45. The Morgan fingerprint density at radius 3 is 2.72 bits per heavy atom. The van der Waals surface area contributed by atoms with E-state index < -0.39 is 11.8 Å². The Kier molecular flexibility index (Phi) is 9.21. The van der Waals surface area contributed by atoms with Crippen LogP contribution in [0.25, 0.3) is 0 Å². The maximum absolute atomic E-state index is 13.0. The van der Waals surface area contributed by atoms with E-state index in [-0.39, 0.29) is 28.8 Å². The number of nitrogens with one attached hydrogen (secondary N) is 2. The zero-order valence-corrected chi connectivity index (χ0v) is 18.8. The van der Waals surface area contributed by atoms with E-state index in [2.05, 4.69) is 49.2 Å². The van der Waals surface area contributed by atoms with Crippen LogP contribution >= 0.6 is 0 Å². The number of aromatic nitrogens is 4. The normalized spacial score (nSPS) is 11.4. The highest BCUT2D eigenvalue weighted by Gasteiger charge is 2.22. The number of aliphatic imine (C=N–C) groups is 2. The van der Waals surface area contributed by atoms with Crippen LogP contribution in [0.3, 0.4) is 0 Å². The summed E-state index contributed by atoms with van der Waals surface area (Å²) in [7, 11) is 4.50. The van der Waals surface area contributed by atoms with Gasteiger partial charge >= 0.3 is 0 Å². The Morgan fingerprint density at radius 2 is 2.06 bits per heavy atom. The van der Waals surface area contributed by atoms with Gasteiger partial charge in [0.05, 0.1) is 30.9 Å². The summed E-state index contributed by atoms with van der Waals surface area (Å²) in [6.07, 6.45) is 9.01. The standard InChI is InChI=1S/C21H28N8O3/c1-6-8-9-10-23-11-14(7-2)26-19-17(28-16(32-5)13-24-19)20(30)27-15-12-25-29(4)18(15)21(31)22-3/h7,11-13H,2,6,8-10H2,1,3-5H3,(H,22,31)(H,27,30). The van der Waals surface area contributed by atoms with Crippen molar-refractivity contribution in [3.63, 3.8) is 0 Å². The van der Waals surface area contributed by atoms with Crippen LogP contribution in [0, 0.1) is 0 Å². The van der Waals surface area contributed by atoms with Gasteiger partial charge in [-0.3, -0.25) is 19.3 Å². The van der Waals surface area contributed by atoms with Gasteiger partial charge in [-0.1, -0.05) is 26.3 Å². The van der Waals surface area contributed by atoms with E-state index in [0.717, 1.165) is 19.3 Å². The van der Waals surface area contributed by atoms with Crippen molar-refractivity contribution in [1.29, 1.82) is 0 Å². The molecular weight excluding hydrogens is 412 g/mol. The number of unbranched alkanes of at least 4 members (excludes halogenated alkanes) is 2. The third-order valence-corrected chi connectivity index (χ3v) is 4.34. The summed E-state index contributed by atoms with van der Waals surface area (Å²) >= 11 is 0. The Balaban J connectivity index is 2.36. The summed E-state index contributed by atoms with van der Waals surface area (Å²) in [5.41, 5.74) is 0.753. The molecular formula is C21H28N8O3. The molecule has 2 rings (SSSR count). The first-order chi connectivity index (χ1) is 15.4. The van der Waals surface area contributed by atoms with Gasteiger partial charge in [0.15, 0.2) is 11.5 Å². The Bertz CT molecular complexity index is 1030. The monoisotopic (exact) mass is 440 g/mol. The zero-order chi connectivity index (χ0) is 23.5. The molecule has 32 heavy (non-hydrogen) atoms. The smallest absolute Gasteiger partial charge is 0.278 e. The van der Waals surface area contributed by atoms with Gasteiger partial charge in [-0.15, -0.1) is 0 Å². The average Bonchev–Trinajstić information content (AvgIpc) is 3.17. The molecule has 0 aliphatic carbocycles. The van der Waals surface area contributed by atoms with Crippen molar-refractivity contribution >= 4 is 35.2 Å². The zero-order valence-electron chi connectivity index (χ0n) is 18.8. The van der Waals surface area contributed by atoms with Crippen LogP contribution < -0.4 is 15.4 Å². The second kappa shape index (κ2) is 12.1. The highest BCUT2D eigenvalue weighted by atomic mass is 16.5. The fourth-order valence-electron chi connectivity index (χ4n) is 2.66. The number of ether oxygens (including phenoxy) is 1. The molecule has 2 N–H and O–H groups in total. The lowest BCUT2D eigenvalue weighted by Gasteiger charge is -2.09. The highest BCUT2D eigenvalue weighted by molar-refractivity contribution is 6.36. The molecule has 0 spiro atoms. The molecule has 2 aromatic rings. The third kappa shape index (κ3) is 6.30. The van der Waals surface area contributed by atoms with Crippen molar-refractivity contribution < 1.29 is 14.3 Å². The Morgan fingerprint density at radius 1 is 1.28 bits per heavy atom. The molecule has 2 heterocycles. The maximum Gasteiger partial charge on any atom is 0.278 e. The van der Waals surface area contributed by atoms with Crippen molar-refractivity contribution in [2.45, 2.75) is 26.2 Å². The highest BCUT2D eigenvalue weighted by Crippen LogP contribution is 2.21. The van der Waals surface area contributed by atoms with Crippen LogP contribution in [0.4, 0.5) is 11.5 Å². The summed E-state index contributed by atoms with van der Waals surface area (Å²) in [6.45, 7) is 6.54. The first kappa shape index (κ1) is 24.4. The van der Waals surface area contributed by atoms with E-state index in [1.807, 2.05) is 0 Å². The maximum atomic E-state index is 13.0. The molecule has 11 heteroatoms. The number of aryl methyl sites for hydroxylation is 1. The number of carbonyl (C=O) groups is 2. The molecule has 0 aliphatic heterocycles. The molecule has 0 fully saturated rings. The van der Waals surface area contributed by atoms with Gasteiger partial charge in [-0.2, -0.15) is 5.10 Å². The molecule has 0 unspecified atom stereocenters. The van der Waals surface area contributed by atoms with E-state index in [9.17, 15) is 9.59 Å². The first-order valence-electron chi connectivity index (χ1n) is 10.1. The van der Waals surface area contributed by atoms with Gasteiger partial charge in [0.1, 0.15) is 5.69 Å². The fourth-order valence-corrected chi connectivity index (χ4v) is 2.66. The van der Waals surface area contributed by atoms with Crippen LogP contribution in [-0.2, 0) is 7.05 Å². The van der Waals surface area contributed by atoms with E-state index in [0.29, 0.717) is 12.3 Å². The van der Waals surface area contributed by atoms with E-state index in [4.69, 9.17) is 4.74 Å². The molecule has 2 amide bonds. The molecule has 0 aromatic carbocycles. The van der Waals surface area contributed by atoms with Crippen molar-refractivity contribution in [1.82, 2.24) is 25.1 Å². The van der Waals surface area contributed by atoms with Gasteiger partial charge in [0.25, 0.3) is 11.8 Å². The fraction of sp³-hybridized carbons (Fsp3) is 0.381. The van der Waals surface area contributed by atoms with E-state index in [1.54, 1.807) is 13.3 Å². The molecule has 170 valence electrons. The molecule has 11 nitrogen and oxygen atoms in total. The summed E-state index contributed by atoms with van der Waals surface area (Å²) in [6, 6.07) is 0. The van der Waals surface area contributed by atoms with Crippen LogP contribution in [0.15, 0.2) is 35.0 Å². The van der Waals surface area contributed by atoms with Crippen LogP contribution in [0.2, 0.25) is 0 Å². The number of methoxy groups -OCH3 is 1. The number of anilines is 1. The lowest BCUT2D eigenvalue weighted by atomic mass is 10.2. The van der Waals surface area contributed by atoms with Gasteiger partial charge in [0.2, 0.25) is 5.88 Å². The predicted octanol–water partition coefficient (Wildman–Crippen LogP) is 2.35. The molecule has 0 bridgehead atoms. The SMILES string of the molecule is C=CC(C=NCCCCC)=Nc1ncc(OC)nc1C(=O)Nc1cnn(C)c1C(=O)NC. The molecule has 2 aromatic heterocycles. The average molecular weight is 441 g/mol. The quantitative estimate of drug-likeness (QED) is 0.407. The predicted molar refractivity (Wildman–Crippen MR) is 123 cm³/mol. The number of allylic oxidation sites excluding steroid dienone is 1. The van der Waals surface area contributed by atoms with E-state index in [1.165, 1.54) is 37.3 Å². The number of rotatable bonds is 11. The number of amides is 2. The Labute approximate surface area is 186 Å². The van der Waals surface area contributed by atoms with Crippen molar-refractivity contribution in [2.75, 3.05) is 26.0 Å². The van der Waals surface area contributed by atoms with Gasteiger partial charge in [-0.25, -0.2) is 15.0 Å². The topological polar surface area (TPSA) is 136 Å². The van der Waals surface area contributed by atoms with Gasteiger partial charge in [0, 0.05) is 26.9 Å². The molecule has 0 saturated heterocycles. The second-order valence-electron chi connectivity index (χ2n) is 6.63. The number of hydrogen-bond donors (Lipinski definition) is 2. The third-order valence-electron chi connectivity index (χ3n) is 4.34. The van der Waals surface area contributed by atoms with E-state index >= 15 is 0 Å². The number of nitrogens with zero attached hydrogens (tertiary/aromatic N) is 6. The number of carbonyl (C=O) groups excluding carboxylic acids is 2. The van der Waals surface area contributed by atoms with Crippen LogP contribution in [-0.4, -0.2) is 64.2 Å². The Hall–Kier alpha value is -3.89. The van der Waals surface area contributed by atoms with Gasteiger partial charge < -0.3 is 15.4 Å². The minimum Gasteiger partial charge on any atom is -0.480 e. The van der Waals surface area contributed by atoms with Gasteiger partial charge in [-0.05, 0) is 12.5 Å². The lowest BCUT2D eigenvalue weighted by Crippen LogP contribution is -2.24. The largest absolute Gasteiger partial charge is 0.480 e.